The van der Waals surface area contributed by atoms with Gasteiger partial charge in [-0.3, -0.25) is 0 Å². The number of benzene rings is 1. The first-order valence-corrected chi connectivity index (χ1v) is 10.8. The maximum Gasteiger partial charge on any atom is 0.107 e. The van der Waals surface area contributed by atoms with Crippen molar-refractivity contribution in [2.24, 2.45) is 0 Å². The van der Waals surface area contributed by atoms with Crippen molar-refractivity contribution in [3.05, 3.63) is 29.6 Å². The summed E-state index contributed by atoms with van der Waals surface area (Å²) in [6.07, 6.45) is 18.5. The van der Waals surface area contributed by atoms with Gasteiger partial charge in [0, 0.05) is 6.42 Å². The Morgan fingerprint density at radius 1 is 0.720 bits per heavy atom. The number of H-pyrrole nitrogens is 1. The van der Waals surface area contributed by atoms with Crippen LogP contribution in [0.1, 0.15) is 102 Å². The predicted molar refractivity (Wildman–Crippen MR) is 110 cm³/mol. The molecule has 0 aliphatic carbocycles. The molecule has 0 fully saturated rings. The molecule has 1 heterocycles. The summed E-state index contributed by atoms with van der Waals surface area (Å²) in [6, 6.07) is 6.61. The molecule has 0 radical (unpaired) electrons. The standard InChI is InChI=1S/C23H38N2/c1-3-5-7-9-10-11-12-14-19-22-24-21-18-15-17-20(23(21)25-22)16-13-8-6-4-2/h15,17-18H,3-14,16,19H2,1-2H3,(H,24,25). The molecule has 0 bridgehead atoms. The van der Waals surface area contributed by atoms with Crippen molar-refractivity contribution in [1.82, 2.24) is 9.97 Å². The fraction of sp³-hybridized carbons (Fsp3) is 0.696. The molecule has 2 rings (SSSR count). The van der Waals surface area contributed by atoms with Crippen LogP contribution in [-0.4, -0.2) is 9.97 Å². The molecule has 0 spiro atoms. The van der Waals surface area contributed by atoms with E-state index >= 15 is 0 Å². The molecule has 0 amide bonds. The zero-order valence-electron chi connectivity index (χ0n) is 16.6. The van der Waals surface area contributed by atoms with E-state index in [1.165, 1.54) is 106 Å². The summed E-state index contributed by atoms with van der Waals surface area (Å²) in [6.45, 7) is 4.55. The molecule has 0 aliphatic rings. The Balaban J connectivity index is 1.74. The normalized spacial score (nSPS) is 11.4. The van der Waals surface area contributed by atoms with E-state index < -0.39 is 0 Å². The second-order valence-corrected chi connectivity index (χ2v) is 7.53. The zero-order chi connectivity index (χ0) is 17.7. The average molecular weight is 343 g/mol. The second-order valence-electron chi connectivity index (χ2n) is 7.53. The molecule has 1 aromatic carbocycles. The number of fused-ring (bicyclic) bond motifs is 1. The topological polar surface area (TPSA) is 28.7 Å². The Morgan fingerprint density at radius 2 is 1.32 bits per heavy atom. The number of hydrogen-bond donors (Lipinski definition) is 1. The molecule has 0 saturated carbocycles. The van der Waals surface area contributed by atoms with Crippen LogP contribution in [0.5, 0.6) is 0 Å². The van der Waals surface area contributed by atoms with Crippen LogP contribution in [0.25, 0.3) is 11.0 Å². The van der Waals surface area contributed by atoms with Crippen LogP contribution in [0.15, 0.2) is 18.2 Å². The summed E-state index contributed by atoms with van der Waals surface area (Å²) >= 11 is 0. The van der Waals surface area contributed by atoms with Gasteiger partial charge in [0.2, 0.25) is 0 Å². The van der Waals surface area contributed by atoms with Crippen molar-refractivity contribution in [2.75, 3.05) is 0 Å². The van der Waals surface area contributed by atoms with Gasteiger partial charge in [0.05, 0.1) is 11.0 Å². The molecule has 2 aromatic rings. The highest BCUT2D eigenvalue weighted by atomic mass is 14.9. The lowest BCUT2D eigenvalue weighted by molar-refractivity contribution is 0.573. The monoisotopic (exact) mass is 342 g/mol. The maximum atomic E-state index is 4.91. The lowest BCUT2D eigenvalue weighted by Crippen LogP contribution is -1.90. The third kappa shape index (κ3) is 7.22. The Kier molecular flexibility index (Phi) is 9.69. The highest BCUT2D eigenvalue weighted by molar-refractivity contribution is 5.78. The predicted octanol–water partition coefficient (Wildman–Crippen LogP) is 7.37. The number of nitrogens with one attached hydrogen (secondary N) is 1. The van der Waals surface area contributed by atoms with Gasteiger partial charge in [-0.15, -0.1) is 0 Å². The molecule has 0 aliphatic heterocycles. The molecule has 2 heteroatoms. The van der Waals surface area contributed by atoms with Crippen molar-refractivity contribution in [1.29, 1.82) is 0 Å². The summed E-state index contributed by atoms with van der Waals surface area (Å²) in [4.78, 5) is 8.46. The van der Waals surface area contributed by atoms with Gasteiger partial charge >= 0.3 is 0 Å². The molecule has 0 atom stereocenters. The van der Waals surface area contributed by atoms with E-state index in [9.17, 15) is 0 Å². The van der Waals surface area contributed by atoms with E-state index in [-0.39, 0.29) is 0 Å². The number of aromatic nitrogens is 2. The molecule has 1 aromatic heterocycles. The molecule has 0 unspecified atom stereocenters. The van der Waals surface area contributed by atoms with Crippen LogP contribution >= 0.6 is 0 Å². The molecule has 1 N–H and O–H groups in total. The van der Waals surface area contributed by atoms with Crippen molar-refractivity contribution in [3.63, 3.8) is 0 Å². The van der Waals surface area contributed by atoms with Gasteiger partial charge in [0.25, 0.3) is 0 Å². The number of hydrogen-bond acceptors (Lipinski definition) is 1. The first-order valence-electron chi connectivity index (χ1n) is 10.8. The Morgan fingerprint density at radius 3 is 2.04 bits per heavy atom. The summed E-state index contributed by atoms with van der Waals surface area (Å²) < 4.78 is 0. The van der Waals surface area contributed by atoms with Gasteiger partial charge in [0.1, 0.15) is 5.82 Å². The van der Waals surface area contributed by atoms with E-state index in [1.54, 1.807) is 0 Å². The average Bonchev–Trinajstić information content (AvgIpc) is 3.04. The van der Waals surface area contributed by atoms with Crippen LogP contribution < -0.4 is 0 Å². The van der Waals surface area contributed by atoms with Gasteiger partial charge in [-0.05, 0) is 30.9 Å². The van der Waals surface area contributed by atoms with E-state index in [0.29, 0.717) is 0 Å². The molecular weight excluding hydrogens is 304 g/mol. The number of rotatable bonds is 14. The lowest BCUT2D eigenvalue weighted by Gasteiger charge is -2.02. The lowest BCUT2D eigenvalue weighted by atomic mass is 10.1. The van der Waals surface area contributed by atoms with Gasteiger partial charge in [0.15, 0.2) is 0 Å². The van der Waals surface area contributed by atoms with Gasteiger partial charge in [-0.1, -0.05) is 90.2 Å². The van der Waals surface area contributed by atoms with Gasteiger partial charge in [-0.25, -0.2) is 4.98 Å². The number of para-hydroxylation sites is 1. The number of aryl methyl sites for hydroxylation is 2. The van der Waals surface area contributed by atoms with Crippen LogP contribution in [-0.2, 0) is 12.8 Å². The van der Waals surface area contributed by atoms with Crippen molar-refractivity contribution in [2.45, 2.75) is 104 Å². The van der Waals surface area contributed by atoms with Crippen LogP contribution in [0.4, 0.5) is 0 Å². The third-order valence-electron chi connectivity index (χ3n) is 5.21. The van der Waals surface area contributed by atoms with Crippen molar-refractivity contribution >= 4 is 11.0 Å². The maximum absolute atomic E-state index is 4.91. The number of unbranched alkanes of at least 4 members (excludes halogenated alkanes) is 10. The minimum Gasteiger partial charge on any atom is -0.342 e. The fourth-order valence-corrected chi connectivity index (χ4v) is 3.63. The Bertz CT molecular complexity index is 585. The van der Waals surface area contributed by atoms with E-state index in [4.69, 9.17) is 4.98 Å². The smallest absolute Gasteiger partial charge is 0.107 e. The quantitative estimate of drug-likeness (QED) is 0.357. The number of nitrogens with zero attached hydrogens (tertiary/aromatic N) is 1. The van der Waals surface area contributed by atoms with Crippen molar-refractivity contribution < 1.29 is 0 Å². The van der Waals surface area contributed by atoms with E-state index in [0.717, 1.165) is 6.42 Å². The Labute approximate surface area is 154 Å². The van der Waals surface area contributed by atoms with Gasteiger partial charge < -0.3 is 4.98 Å². The van der Waals surface area contributed by atoms with Crippen molar-refractivity contribution in [3.8, 4) is 0 Å². The molecule has 2 nitrogen and oxygen atoms in total. The fourth-order valence-electron chi connectivity index (χ4n) is 3.63. The van der Waals surface area contributed by atoms with E-state index in [1.807, 2.05) is 0 Å². The first kappa shape index (κ1) is 20.0. The van der Waals surface area contributed by atoms with Crippen LogP contribution in [0.3, 0.4) is 0 Å². The largest absolute Gasteiger partial charge is 0.342 e. The SMILES string of the molecule is CCCCCCCCCCc1nc2c(CCCCCC)cccc2[nH]1. The summed E-state index contributed by atoms with van der Waals surface area (Å²) in [5.41, 5.74) is 3.86. The summed E-state index contributed by atoms with van der Waals surface area (Å²) in [5.74, 6) is 1.18. The highest BCUT2D eigenvalue weighted by Crippen LogP contribution is 2.20. The minimum atomic E-state index is 1.10. The number of aromatic amines is 1. The molecule has 25 heavy (non-hydrogen) atoms. The molecule has 0 saturated heterocycles. The summed E-state index contributed by atoms with van der Waals surface area (Å²) in [5, 5.41) is 0. The Hall–Kier alpha value is -1.31. The third-order valence-corrected chi connectivity index (χ3v) is 5.21. The van der Waals surface area contributed by atoms with Gasteiger partial charge in [-0.2, -0.15) is 0 Å². The minimum absolute atomic E-state index is 1.10. The zero-order valence-corrected chi connectivity index (χ0v) is 16.6. The molecule has 140 valence electrons. The summed E-state index contributed by atoms with van der Waals surface area (Å²) in [7, 11) is 0. The highest BCUT2D eigenvalue weighted by Gasteiger charge is 2.07. The van der Waals surface area contributed by atoms with E-state index in [2.05, 4.69) is 37.0 Å². The second kappa shape index (κ2) is 12.1. The number of imidazole rings is 1. The van der Waals surface area contributed by atoms with Crippen LogP contribution in [0, 0.1) is 0 Å². The molecular formula is C23H38N2. The first-order chi connectivity index (χ1) is 12.3. The van der Waals surface area contributed by atoms with Crippen LogP contribution in [0.2, 0.25) is 0 Å².